The van der Waals surface area contributed by atoms with Gasteiger partial charge in [0.2, 0.25) is 12.2 Å². The first kappa shape index (κ1) is 13.2. The van der Waals surface area contributed by atoms with Crippen LogP contribution in [0.4, 0.5) is 13.2 Å². The minimum atomic E-state index is -4.96. The van der Waals surface area contributed by atoms with E-state index in [9.17, 15) is 22.8 Å². The molecule has 0 radical (unpaired) electrons. The van der Waals surface area contributed by atoms with E-state index >= 15 is 0 Å². The van der Waals surface area contributed by atoms with Gasteiger partial charge in [0.1, 0.15) is 0 Å². The molecule has 1 aromatic rings. The molecule has 0 heterocycles. The van der Waals surface area contributed by atoms with Crippen LogP contribution in [0.3, 0.4) is 0 Å². The maximum absolute atomic E-state index is 12.9. The van der Waals surface area contributed by atoms with Gasteiger partial charge in [-0.2, -0.15) is 13.2 Å². The van der Waals surface area contributed by atoms with Crippen molar-refractivity contribution in [2.24, 2.45) is 8.80 Å². The first-order chi connectivity index (χ1) is 7.98. The van der Waals surface area contributed by atoms with Gasteiger partial charge < -0.3 is 0 Å². The summed E-state index contributed by atoms with van der Waals surface area (Å²) >= 11 is 0. The summed E-state index contributed by atoms with van der Waals surface area (Å²) in [5.41, 5.74) is -4.96. The number of hydrogen-bond acceptors (Lipinski definition) is 4. The molecule has 0 aliphatic rings. The minimum Gasteiger partial charge on any atom is -0.210 e. The lowest BCUT2D eigenvalue weighted by Crippen LogP contribution is -2.17. The molecule has 0 aliphatic heterocycles. The zero-order valence-electron chi connectivity index (χ0n) is 8.14. The molecule has 0 atom stereocenters. The van der Waals surface area contributed by atoms with Crippen LogP contribution in [-0.4, -0.2) is 17.7 Å². The van der Waals surface area contributed by atoms with Crippen molar-refractivity contribution < 1.29 is 22.8 Å². The van der Waals surface area contributed by atoms with Gasteiger partial charge >= 0.3 is 5.51 Å². The zero-order valence-corrected chi connectivity index (χ0v) is 8.96. The molecule has 0 fully saturated rings. The van der Waals surface area contributed by atoms with Crippen molar-refractivity contribution in [2.45, 2.75) is 10.4 Å². The predicted molar refractivity (Wildman–Crippen MR) is 54.6 cm³/mol. The normalized spacial score (nSPS) is 15.9. The molecule has 90 valence electrons. The third kappa shape index (κ3) is 2.45. The van der Waals surface area contributed by atoms with Gasteiger partial charge in [-0.1, -0.05) is 18.2 Å². The standard InChI is InChI=1S/C9H5F3N2O2S/c10-9(11,12)17(13-6-15,14-7-16)8-4-2-1-3-5-8/h1-5H. The summed E-state index contributed by atoms with van der Waals surface area (Å²) in [6, 6.07) is 6.31. The van der Waals surface area contributed by atoms with Gasteiger partial charge in [-0.15, -0.1) is 8.80 Å². The molecule has 0 saturated carbocycles. The lowest BCUT2D eigenvalue weighted by Gasteiger charge is -2.29. The molecule has 1 aromatic carbocycles. The molecule has 4 nitrogen and oxygen atoms in total. The molecule has 0 spiro atoms. The van der Waals surface area contributed by atoms with E-state index in [1.54, 1.807) is 0 Å². The highest BCUT2D eigenvalue weighted by atomic mass is 32.3. The van der Waals surface area contributed by atoms with Crippen LogP contribution in [0, 0.1) is 0 Å². The second kappa shape index (κ2) is 4.97. The van der Waals surface area contributed by atoms with Gasteiger partial charge in [0.15, 0.2) is 0 Å². The Kier molecular flexibility index (Phi) is 3.85. The Labute approximate surface area is 95.5 Å². The molecule has 1 rings (SSSR count). The molecule has 0 saturated heterocycles. The third-order valence-corrected chi connectivity index (χ3v) is 3.99. The van der Waals surface area contributed by atoms with Gasteiger partial charge in [-0.05, 0) is 12.1 Å². The highest BCUT2D eigenvalue weighted by Crippen LogP contribution is 2.69. The fraction of sp³-hybridized carbons (Fsp3) is 0.111. The molecular formula is C9H5F3N2O2S. The number of benzene rings is 1. The fourth-order valence-corrected chi connectivity index (χ4v) is 2.56. The Morgan fingerprint density at radius 3 is 1.82 bits per heavy atom. The van der Waals surface area contributed by atoms with Crippen LogP contribution >= 0.6 is 10.4 Å². The number of hydrogen-bond donors (Lipinski definition) is 0. The molecular weight excluding hydrogens is 257 g/mol. The van der Waals surface area contributed by atoms with E-state index in [2.05, 4.69) is 8.80 Å². The predicted octanol–water partition coefficient (Wildman–Crippen LogP) is 2.87. The highest BCUT2D eigenvalue weighted by Gasteiger charge is 2.53. The van der Waals surface area contributed by atoms with Crippen molar-refractivity contribution in [3.63, 3.8) is 0 Å². The summed E-state index contributed by atoms with van der Waals surface area (Å²) in [7, 11) is -4.29. The molecule has 0 unspecified atom stereocenters. The molecule has 17 heavy (non-hydrogen) atoms. The minimum absolute atomic E-state index is 0.376. The summed E-state index contributed by atoms with van der Waals surface area (Å²) in [4.78, 5) is 19.9. The van der Waals surface area contributed by atoms with Crippen LogP contribution in [0.25, 0.3) is 0 Å². The fourth-order valence-electron chi connectivity index (χ4n) is 1.08. The largest absolute Gasteiger partial charge is 0.467 e. The first-order valence-corrected chi connectivity index (χ1v) is 5.65. The van der Waals surface area contributed by atoms with E-state index in [4.69, 9.17) is 0 Å². The second-order valence-corrected chi connectivity index (χ2v) is 5.07. The van der Waals surface area contributed by atoms with Crippen LogP contribution in [0.5, 0.6) is 0 Å². The number of carbonyl (C=O) groups excluding carboxylic acids is 2. The average molecular weight is 262 g/mol. The lowest BCUT2D eigenvalue weighted by molar-refractivity contribution is -0.0385. The van der Waals surface area contributed by atoms with Gasteiger partial charge in [0, 0.05) is 4.90 Å². The van der Waals surface area contributed by atoms with Crippen LogP contribution in [0.15, 0.2) is 44.0 Å². The molecule has 0 bridgehead atoms. The molecule has 0 aliphatic carbocycles. The van der Waals surface area contributed by atoms with Gasteiger partial charge in [0.05, 0.1) is 10.4 Å². The van der Waals surface area contributed by atoms with Crippen molar-refractivity contribution in [1.29, 1.82) is 0 Å². The maximum atomic E-state index is 12.9. The summed E-state index contributed by atoms with van der Waals surface area (Å²) in [6.07, 6.45) is 1.64. The van der Waals surface area contributed by atoms with Gasteiger partial charge in [0.25, 0.3) is 0 Å². The molecule has 0 amide bonds. The van der Waals surface area contributed by atoms with Crippen molar-refractivity contribution in [3.05, 3.63) is 30.3 Å². The van der Waals surface area contributed by atoms with Gasteiger partial charge in [-0.25, -0.2) is 9.59 Å². The summed E-state index contributed by atoms with van der Waals surface area (Å²) in [5, 5.41) is 0. The Morgan fingerprint density at radius 2 is 1.47 bits per heavy atom. The monoisotopic (exact) mass is 262 g/mol. The van der Waals surface area contributed by atoms with Crippen molar-refractivity contribution in [3.8, 4) is 0 Å². The van der Waals surface area contributed by atoms with Crippen LogP contribution < -0.4 is 0 Å². The first-order valence-electron chi connectivity index (χ1n) is 4.11. The maximum Gasteiger partial charge on any atom is 0.467 e. The topological polar surface area (TPSA) is 58.9 Å². The molecule has 8 heteroatoms. The number of rotatable bonds is 3. The summed E-state index contributed by atoms with van der Waals surface area (Å²) in [6.45, 7) is 0. The van der Waals surface area contributed by atoms with E-state index in [-0.39, 0.29) is 4.90 Å². The summed E-state index contributed by atoms with van der Waals surface area (Å²) in [5.74, 6) is 0. The number of isocyanates is 2. The Hall–Kier alpha value is -1.88. The SMILES string of the molecule is O=C=NS(N=C=O)(c1ccccc1)C(F)(F)F. The smallest absolute Gasteiger partial charge is 0.210 e. The van der Waals surface area contributed by atoms with E-state index < -0.39 is 15.9 Å². The average Bonchev–Trinajstić information content (AvgIpc) is 2.28. The quantitative estimate of drug-likeness (QED) is 0.621. The number of halogens is 3. The number of alkyl halides is 3. The molecule has 0 aromatic heterocycles. The highest BCUT2D eigenvalue weighted by molar-refractivity contribution is 8.32. The van der Waals surface area contributed by atoms with E-state index in [0.717, 1.165) is 24.3 Å². The van der Waals surface area contributed by atoms with Gasteiger partial charge in [-0.3, -0.25) is 0 Å². The Balaban J connectivity index is 3.57. The van der Waals surface area contributed by atoms with E-state index in [0.29, 0.717) is 0 Å². The number of nitrogens with zero attached hydrogens (tertiary/aromatic N) is 2. The Bertz CT molecular complexity index is 473. The molecule has 0 N–H and O–H groups in total. The van der Waals surface area contributed by atoms with E-state index in [1.807, 2.05) is 0 Å². The Morgan fingerprint density at radius 1 is 1.00 bits per heavy atom. The van der Waals surface area contributed by atoms with Crippen LogP contribution in [0.2, 0.25) is 0 Å². The van der Waals surface area contributed by atoms with Crippen molar-refractivity contribution in [1.82, 2.24) is 0 Å². The van der Waals surface area contributed by atoms with Crippen molar-refractivity contribution in [2.75, 3.05) is 0 Å². The van der Waals surface area contributed by atoms with E-state index in [1.165, 1.54) is 18.2 Å². The van der Waals surface area contributed by atoms with Crippen molar-refractivity contribution >= 4 is 22.6 Å². The zero-order chi connectivity index (χ0) is 12.9. The second-order valence-electron chi connectivity index (χ2n) is 2.67. The van der Waals surface area contributed by atoms with Crippen LogP contribution in [-0.2, 0) is 9.59 Å². The third-order valence-electron chi connectivity index (χ3n) is 1.73. The summed E-state index contributed by atoms with van der Waals surface area (Å²) < 4.78 is 44.2. The van der Waals surface area contributed by atoms with Crippen LogP contribution in [0.1, 0.15) is 0 Å². The lowest BCUT2D eigenvalue weighted by atomic mass is 10.4.